The zero-order valence-electron chi connectivity index (χ0n) is 19.3. The molecular weight excluding hydrogens is 455 g/mol. The lowest BCUT2D eigenvalue weighted by molar-refractivity contribution is -0.135. The number of amides is 1. The SMILES string of the molecule is NCCOCCOCCOCCOCCOCCOCCC(=O)Oc1ccc(C(N)=O)cc1F. The minimum atomic E-state index is -0.845. The van der Waals surface area contributed by atoms with Crippen LogP contribution in [0.3, 0.4) is 0 Å². The molecule has 0 atom stereocenters. The third kappa shape index (κ3) is 15.6. The van der Waals surface area contributed by atoms with Crippen LogP contribution < -0.4 is 16.2 Å². The Hall–Kier alpha value is -2.19. The van der Waals surface area contributed by atoms with Gasteiger partial charge in [-0.25, -0.2) is 4.39 Å². The molecule has 0 spiro atoms. The highest BCUT2D eigenvalue weighted by molar-refractivity contribution is 5.93. The molecule has 1 aromatic rings. The van der Waals surface area contributed by atoms with Gasteiger partial charge in [-0.3, -0.25) is 9.59 Å². The molecule has 0 unspecified atom stereocenters. The maximum atomic E-state index is 13.8. The van der Waals surface area contributed by atoms with E-state index in [0.717, 1.165) is 6.07 Å². The summed E-state index contributed by atoms with van der Waals surface area (Å²) >= 11 is 0. The minimum absolute atomic E-state index is 0.0124. The number of hydrogen-bond acceptors (Lipinski definition) is 10. The van der Waals surface area contributed by atoms with E-state index >= 15 is 0 Å². The third-order valence-electron chi connectivity index (χ3n) is 4.01. The van der Waals surface area contributed by atoms with Crippen LogP contribution in [0.15, 0.2) is 18.2 Å². The fourth-order valence-corrected chi connectivity index (χ4v) is 2.35. The first-order valence-electron chi connectivity index (χ1n) is 11.0. The molecule has 11 nitrogen and oxygen atoms in total. The highest BCUT2D eigenvalue weighted by atomic mass is 19.1. The van der Waals surface area contributed by atoms with Gasteiger partial charge in [0.2, 0.25) is 5.91 Å². The summed E-state index contributed by atoms with van der Waals surface area (Å²) in [6, 6.07) is 3.36. The second-order valence-corrected chi connectivity index (χ2v) is 6.70. The van der Waals surface area contributed by atoms with Crippen molar-refractivity contribution in [3.05, 3.63) is 29.6 Å². The monoisotopic (exact) mass is 490 g/mol. The van der Waals surface area contributed by atoms with Gasteiger partial charge in [-0.1, -0.05) is 0 Å². The lowest BCUT2D eigenvalue weighted by Gasteiger charge is -2.08. The van der Waals surface area contributed by atoms with E-state index in [2.05, 4.69) is 0 Å². The first kappa shape index (κ1) is 29.8. The van der Waals surface area contributed by atoms with Crippen LogP contribution in [0.2, 0.25) is 0 Å². The molecule has 12 heteroatoms. The quantitative estimate of drug-likeness (QED) is 0.132. The second-order valence-electron chi connectivity index (χ2n) is 6.70. The molecule has 0 fully saturated rings. The third-order valence-corrected chi connectivity index (χ3v) is 4.01. The Bertz CT molecular complexity index is 694. The Balaban J connectivity index is 1.86. The summed E-state index contributed by atoms with van der Waals surface area (Å²) in [4.78, 5) is 22.7. The van der Waals surface area contributed by atoms with E-state index in [9.17, 15) is 14.0 Å². The van der Waals surface area contributed by atoms with Gasteiger partial charge in [0.05, 0.1) is 85.7 Å². The van der Waals surface area contributed by atoms with Crippen molar-refractivity contribution >= 4 is 11.9 Å². The molecule has 0 heterocycles. The Morgan fingerprint density at radius 3 is 1.56 bits per heavy atom. The topological polar surface area (TPSA) is 151 Å². The van der Waals surface area contributed by atoms with Crippen molar-refractivity contribution in [2.45, 2.75) is 6.42 Å². The van der Waals surface area contributed by atoms with Crippen LogP contribution >= 0.6 is 0 Å². The van der Waals surface area contributed by atoms with E-state index in [1.807, 2.05) is 0 Å². The number of halogens is 1. The van der Waals surface area contributed by atoms with E-state index < -0.39 is 17.7 Å². The molecule has 0 aliphatic rings. The number of primary amides is 1. The standard InChI is InChI=1S/C22H35FN2O9/c23-19-17-18(22(25)27)1-2-20(19)34-21(26)3-5-28-7-9-30-11-13-32-15-16-33-14-12-31-10-8-29-6-4-24/h1-2,17H,3-16,24H2,(H2,25,27). The molecule has 194 valence electrons. The molecule has 0 saturated heterocycles. The highest BCUT2D eigenvalue weighted by Crippen LogP contribution is 2.18. The number of carbonyl (C=O) groups excluding carboxylic acids is 2. The van der Waals surface area contributed by atoms with Crippen molar-refractivity contribution in [3.63, 3.8) is 0 Å². The van der Waals surface area contributed by atoms with Crippen molar-refractivity contribution in [1.29, 1.82) is 0 Å². The molecule has 1 rings (SSSR count). The van der Waals surface area contributed by atoms with Gasteiger partial charge in [-0.15, -0.1) is 0 Å². The molecule has 0 aliphatic heterocycles. The van der Waals surface area contributed by atoms with Gasteiger partial charge in [0.25, 0.3) is 0 Å². The molecule has 1 amide bonds. The smallest absolute Gasteiger partial charge is 0.313 e. The van der Waals surface area contributed by atoms with Crippen molar-refractivity contribution in [1.82, 2.24) is 0 Å². The van der Waals surface area contributed by atoms with Gasteiger partial charge in [0, 0.05) is 12.1 Å². The molecule has 1 aromatic carbocycles. The van der Waals surface area contributed by atoms with Crippen molar-refractivity contribution in [2.24, 2.45) is 11.5 Å². The fraction of sp³-hybridized carbons (Fsp3) is 0.636. The number of benzene rings is 1. The molecule has 4 N–H and O–H groups in total. The number of esters is 1. The summed E-state index contributed by atoms with van der Waals surface area (Å²) in [6.45, 7) is 5.51. The van der Waals surface area contributed by atoms with Gasteiger partial charge in [0.15, 0.2) is 11.6 Å². The van der Waals surface area contributed by atoms with Crippen LogP contribution in [-0.2, 0) is 33.2 Å². The lowest BCUT2D eigenvalue weighted by atomic mass is 10.2. The zero-order valence-corrected chi connectivity index (χ0v) is 19.3. The van der Waals surface area contributed by atoms with Crippen molar-refractivity contribution in [2.75, 3.05) is 85.8 Å². The number of carbonyl (C=O) groups is 2. The predicted octanol–water partition coefficient (Wildman–Crippen LogP) is 0.278. The summed E-state index contributed by atoms with van der Waals surface area (Å²) in [5, 5.41) is 0. The maximum absolute atomic E-state index is 13.8. The molecule has 0 saturated carbocycles. The summed E-state index contributed by atoms with van der Waals surface area (Å²) in [5.41, 5.74) is 10.3. The Kier molecular flexibility index (Phi) is 17.7. The zero-order chi connectivity index (χ0) is 24.9. The van der Waals surface area contributed by atoms with E-state index in [0.29, 0.717) is 72.6 Å². The Morgan fingerprint density at radius 2 is 1.15 bits per heavy atom. The first-order chi connectivity index (χ1) is 16.5. The van der Waals surface area contributed by atoms with Gasteiger partial charge in [-0.05, 0) is 18.2 Å². The normalized spacial score (nSPS) is 11.0. The Labute approximate surface area is 198 Å². The lowest BCUT2D eigenvalue weighted by Crippen LogP contribution is -2.16. The van der Waals surface area contributed by atoms with Crippen LogP contribution in [-0.4, -0.2) is 97.7 Å². The van der Waals surface area contributed by atoms with Gasteiger partial charge >= 0.3 is 5.97 Å². The number of ether oxygens (including phenoxy) is 7. The van der Waals surface area contributed by atoms with Gasteiger partial charge in [-0.2, -0.15) is 0 Å². The first-order valence-corrected chi connectivity index (χ1v) is 11.0. The number of hydrogen-bond donors (Lipinski definition) is 2. The van der Waals surface area contributed by atoms with Crippen LogP contribution in [0.4, 0.5) is 4.39 Å². The molecule has 34 heavy (non-hydrogen) atoms. The summed E-state index contributed by atoms with van der Waals surface area (Å²) in [7, 11) is 0. The number of nitrogens with two attached hydrogens (primary N) is 2. The fourth-order valence-electron chi connectivity index (χ4n) is 2.35. The predicted molar refractivity (Wildman–Crippen MR) is 119 cm³/mol. The molecule has 0 aliphatic carbocycles. The molecule has 0 aromatic heterocycles. The summed E-state index contributed by atoms with van der Waals surface area (Å²) in [6.07, 6.45) is -0.0623. The molecule has 0 radical (unpaired) electrons. The summed E-state index contributed by atoms with van der Waals surface area (Å²) < 4.78 is 50.5. The molecule has 0 bridgehead atoms. The largest absolute Gasteiger partial charge is 0.423 e. The van der Waals surface area contributed by atoms with Gasteiger partial charge in [0.1, 0.15) is 0 Å². The van der Waals surface area contributed by atoms with Crippen LogP contribution in [0.5, 0.6) is 5.75 Å². The number of rotatable bonds is 22. The van der Waals surface area contributed by atoms with E-state index in [-0.39, 0.29) is 30.9 Å². The average molecular weight is 491 g/mol. The van der Waals surface area contributed by atoms with Crippen LogP contribution in [0, 0.1) is 5.82 Å². The minimum Gasteiger partial charge on any atom is -0.423 e. The van der Waals surface area contributed by atoms with E-state index in [4.69, 9.17) is 44.6 Å². The Morgan fingerprint density at radius 1 is 0.706 bits per heavy atom. The van der Waals surface area contributed by atoms with E-state index in [1.165, 1.54) is 12.1 Å². The highest BCUT2D eigenvalue weighted by Gasteiger charge is 2.12. The van der Waals surface area contributed by atoms with Crippen molar-refractivity contribution < 1.29 is 47.1 Å². The average Bonchev–Trinajstić information content (AvgIpc) is 2.81. The maximum Gasteiger partial charge on any atom is 0.313 e. The molecular formula is C22H35FN2O9. The van der Waals surface area contributed by atoms with Crippen LogP contribution in [0.1, 0.15) is 16.8 Å². The second kappa shape index (κ2) is 20.2. The van der Waals surface area contributed by atoms with E-state index in [1.54, 1.807) is 0 Å². The van der Waals surface area contributed by atoms with Gasteiger partial charge < -0.3 is 44.6 Å². The summed E-state index contributed by atoms with van der Waals surface area (Å²) in [5.74, 6) is -2.56. The van der Waals surface area contributed by atoms with Crippen molar-refractivity contribution in [3.8, 4) is 5.75 Å². The van der Waals surface area contributed by atoms with Crippen LogP contribution in [0.25, 0.3) is 0 Å².